The van der Waals surface area contributed by atoms with Crippen LogP contribution in [-0.2, 0) is 52.4 Å². The van der Waals surface area contributed by atoms with Gasteiger partial charge in [-0.1, -0.05) is 103 Å². The number of hydrogen-bond acceptors (Lipinski definition) is 15. The van der Waals surface area contributed by atoms with Gasteiger partial charge in [0, 0.05) is 50.0 Å². The molecule has 17 heteroatoms. The molecule has 10 atom stereocenters. The normalized spacial score (nSPS) is 25.9. The SMILES string of the molecule is CCC(=O)[C@H](OC(C)=O)C1=C(C)[C@@H](OC(=O)[C@H](OC(=O)CBr)C(NC(=O)c2ccccc2)c2ccccc2)C[C@@](O)([C@@H](OC(=O)c2ccccc2)[C@H]2C[C@@H](O)C[C@H]3OC[C@@]23OC(C)=O)C1(C)C. The molecule has 6 rings (SSSR count). The van der Waals surface area contributed by atoms with E-state index in [2.05, 4.69) is 21.2 Å². The number of carbonyl (C=O) groups excluding carboxylic acids is 7. The summed E-state index contributed by atoms with van der Waals surface area (Å²) in [5, 5.41) is 27.7. The summed E-state index contributed by atoms with van der Waals surface area (Å²) in [5.41, 5.74) is -4.87. The number of halogens is 1. The molecule has 2 aliphatic carbocycles. The third-order valence-corrected chi connectivity index (χ3v) is 13.6. The van der Waals surface area contributed by atoms with E-state index in [1.54, 1.807) is 99.6 Å². The van der Waals surface area contributed by atoms with Gasteiger partial charge in [0.2, 0.25) is 6.10 Å². The van der Waals surface area contributed by atoms with Crippen molar-refractivity contribution in [2.24, 2.45) is 11.3 Å². The average molecular weight is 991 g/mol. The fraction of sp³-hybridized carbons (Fsp3) is 0.460. The van der Waals surface area contributed by atoms with Crippen molar-refractivity contribution in [2.45, 2.75) is 121 Å². The molecule has 358 valence electrons. The first-order valence-electron chi connectivity index (χ1n) is 22.0. The number of ketones is 1. The maximum atomic E-state index is 15.0. The standard InChI is InChI=1S/C50H56BrNO15/c1-7-36(56)42(63-29(3)53)40-28(2)37(64-47(60)43(65-39(57)26-51)41(31-17-11-8-12-18-31)52-45(58)32-19-13-9-14-20-32)25-50(61,48(40,5)6)44(66-46(59)33-21-15-10-16-22-33)35-23-34(55)24-38-49(35,27-62-38)67-30(4)54/h8-22,34-35,37-38,41-44,55,61H,7,23-27H2,1-6H3,(H,52,58)/t34-,35-,37+,38-,41?,42+,43-,44+,49-,50-/m1/s1. The number of nitrogens with one attached hydrogen (secondary N) is 1. The molecule has 3 aromatic carbocycles. The molecule has 1 amide bonds. The lowest BCUT2D eigenvalue weighted by Crippen LogP contribution is -2.75. The Morgan fingerprint density at radius 3 is 1.97 bits per heavy atom. The number of hydrogen-bond donors (Lipinski definition) is 3. The summed E-state index contributed by atoms with van der Waals surface area (Å²) in [6, 6.07) is 22.9. The molecule has 2 fully saturated rings. The van der Waals surface area contributed by atoms with Crippen LogP contribution in [0.15, 0.2) is 102 Å². The summed E-state index contributed by atoms with van der Waals surface area (Å²) in [6.07, 6.45) is -9.67. The van der Waals surface area contributed by atoms with Crippen molar-refractivity contribution in [3.8, 4) is 0 Å². The maximum absolute atomic E-state index is 15.0. The van der Waals surface area contributed by atoms with Crippen LogP contribution in [0.25, 0.3) is 0 Å². The lowest BCUT2D eigenvalue weighted by Gasteiger charge is -2.61. The first-order valence-corrected chi connectivity index (χ1v) is 23.2. The summed E-state index contributed by atoms with van der Waals surface area (Å²) >= 11 is 3.08. The van der Waals surface area contributed by atoms with Crippen molar-refractivity contribution in [2.75, 3.05) is 11.9 Å². The summed E-state index contributed by atoms with van der Waals surface area (Å²) < 4.78 is 36.2. The summed E-state index contributed by atoms with van der Waals surface area (Å²) in [6.45, 7) is 8.32. The quantitative estimate of drug-likeness (QED) is 0.0661. The van der Waals surface area contributed by atoms with Gasteiger partial charge in [-0.15, -0.1) is 0 Å². The van der Waals surface area contributed by atoms with Crippen LogP contribution < -0.4 is 5.32 Å². The number of amides is 1. The Kier molecular flexibility index (Phi) is 15.9. The Morgan fingerprint density at radius 1 is 0.836 bits per heavy atom. The van der Waals surface area contributed by atoms with E-state index in [0.29, 0.717) is 5.56 Å². The number of Topliss-reactive ketones (excluding diaryl/α,β-unsaturated/α-hetero) is 1. The van der Waals surface area contributed by atoms with E-state index in [1.165, 1.54) is 26.0 Å². The van der Waals surface area contributed by atoms with Gasteiger partial charge in [-0.25, -0.2) is 9.59 Å². The zero-order valence-corrected chi connectivity index (χ0v) is 39.7. The van der Waals surface area contributed by atoms with Crippen LogP contribution in [0.4, 0.5) is 0 Å². The number of alkyl halides is 1. The Labute approximate surface area is 396 Å². The van der Waals surface area contributed by atoms with E-state index in [-0.39, 0.29) is 53.5 Å². The van der Waals surface area contributed by atoms with E-state index in [1.807, 2.05) is 0 Å². The van der Waals surface area contributed by atoms with Crippen molar-refractivity contribution in [1.29, 1.82) is 0 Å². The van der Waals surface area contributed by atoms with Gasteiger partial charge in [-0.3, -0.25) is 24.0 Å². The van der Waals surface area contributed by atoms with Gasteiger partial charge >= 0.3 is 29.8 Å². The van der Waals surface area contributed by atoms with Crippen LogP contribution in [0.1, 0.15) is 99.5 Å². The molecule has 0 bridgehead atoms. The molecule has 3 aromatic rings. The lowest BCUT2D eigenvalue weighted by molar-refractivity contribution is -0.320. The first kappa shape index (κ1) is 50.7. The van der Waals surface area contributed by atoms with Crippen LogP contribution in [0.5, 0.6) is 0 Å². The number of fused-ring (bicyclic) bond motifs is 1. The number of aliphatic hydroxyl groups is 2. The average Bonchev–Trinajstić information content (AvgIpc) is 3.30. The van der Waals surface area contributed by atoms with Crippen molar-refractivity contribution in [3.05, 3.63) is 119 Å². The minimum atomic E-state index is -2.44. The van der Waals surface area contributed by atoms with Crippen molar-refractivity contribution < 1.29 is 72.2 Å². The Morgan fingerprint density at radius 2 is 1.43 bits per heavy atom. The third kappa shape index (κ3) is 10.5. The van der Waals surface area contributed by atoms with E-state index >= 15 is 0 Å². The molecule has 67 heavy (non-hydrogen) atoms. The van der Waals surface area contributed by atoms with Crippen molar-refractivity contribution in [1.82, 2.24) is 5.32 Å². The molecule has 3 aliphatic rings. The number of carbonyl (C=O) groups is 7. The Bertz CT molecular complexity index is 2360. The first-order chi connectivity index (χ1) is 31.8. The van der Waals surface area contributed by atoms with Crippen LogP contribution in [0.3, 0.4) is 0 Å². The fourth-order valence-electron chi connectivity index (χ4n) is 9.71. The lowest BCUT2D eigenvalue weighted by atomic mass is 9.53. The Hall–Kier alpha value is -5.75. The second-order valence-corrected chi connectivity index (χ2v) is 18.2. The molecule has 1 aliphatic heterocycles. The van der Waals surface area contributed by atoms with Crippen LogP contribution in [-0.4, -0.2) is 112 Å². The van der Waals surface area contributed by atoms with Crippen LogP contribution >= 0.6 is 15.9 Å². The van der Waals surface area contributed by atoms with E-state index in [0.717, 1.165) is 6.92 Å². The van der Waals surface area contributed by atoms with Crippen LogP contribution in [0, 0.1) is 11.3 Å². The molecule has 1 saturated carbocycles. The van der Waals surface area contributed by atoms with E-state index in [9.17, 15) is 43.8 Å². The zero-order valence-electron chi connectivity index (χ0n) is 38.1. The molecule has 1 heterocycles. The highest BCUT2D eigenvalue weighted by atomic mass is 79.9. The highest BCUT2D eigenvalue weighted by molar-refractivity contribution is 9.09. The zero-order chi connectivity index (χ0) is 48.8. The number of aliphatic hydroxyl groups excluding tert-OH is 1. The molecule has 0 aromatic heterocycles. The molecular formula is C50H56BrNO15. The van der Waals surface area contributed by atoms with Crippen molar-refractivity contribution >= 4 is 57.5 Å². The highest BCUT2D eigenvalue weighted by Crippen LogP contribution is 2.58. The second kappa shape index (κ2) is 21.0. The number of esters is 5. The monoisotopic (exact) mass is 989 g/mol. The minimum absolute atomic E-state index is 0.00663. The molecule has 16 nitrogen and oxygen atoms in total. The van der Waals surface area contributed by atoms with E-state index < -0.39 is 113 Å². The van der Waals surface area contributed by atoms with Gasteiger partial charge in [0.15, 0.2) is 17.5 Å². The number of ether oxygens (including phenoxy) is 6. The highest BCUT2D eigenvalue weighted by Gasteiger charge is 2.70. The third-order valence-electron chi connectivity index (χ3n) is 13.1. The van der Waals surface area contributed by atoms with Crippen molar-refractivity contribution in [3.63, 3.8) is 0 Å². The molecular weight excluding hydrogens is 934 g/mol. The fourth-order valence-corrected chi connectivity index (χ4v) is 9.84. The maximum Gasteiger partial charge on any atom is 0.350 e. The molecule has 1 saturated heterocycles. The molecule has 3 N–H and O–H groups in total. The number of benzene rings is 3. The number of rotatable bonds is 17. The summed E-state index contributed by atoms with van der Waals surface area (Å²) in [4.78, 5) is 96.0. The summed E-state index contributed by atoms with van der Waals surface area (Å²) in [7, 11) is 0. The van der Waals surface area contributed by atoms with Gasteiger partial charge in [0.1, 0.15) is 35.3 Å². The smallest absolute Gasteiger partial charge is 0.350 e. The second-order valence-electron chi connectivity index (χ2n) is 17.6. The largest absolute Gasteiger partial charge is 0.455 e. The summed E-state index contributed by atoms with van der Waals surface area (Å²) in [5.74, 6) is -6.95. The van der Waals surface area contributed by atoms with Gasteiger partial charge in [0.25, 0.3) is 5.91 Å². The predicted molar refractivity (Wildman–Crippen MR) is 242 cm³/mol. The minimum Gasteiger partial charge on any atom is -0.455 e. The van der Waals surface area contributed by atoms with Gasteiger partial charge < -0.3 is 44.0 Å². The molecule has 0 spiro atoms. The molecule has 1 unspecified atom stereocenters. The van der Waals surface area contributed by atoms with Gasteiger partial charge in [0.05, 0.1) is 18.3 Å². The molecule has 0 radical (unpaired) electrons. The van der Waals surface area contributed by atoms with Crippen LogP contribution in [0.2, 0.25) is 0 Å². The topological polar surface area (TPSA) is 227 Å². The predicted octanol–water partition coefficient (Wildman–Crippen LogP) is 5.46. The van der Waals surface area contributed by atoms with Gasteiger partial charge in [-0.05, 0) is 54.3 Å². The van der Waals surface area contributed by atoms with E-state index in [4.69, 9.17) is 28.4 Å². The Balaban J connectivity index is 1.55. The van der Waals surface area contributed by atoms with Gasteiger partial charge in [-0.2, -0.15) is 0 Å².